The van der Waals surface area contributed by atoms with Crippen molar-refractivity contribution >= 4 is 33.4 Å². The number of aryl methyl sites for hydroxylation is 1. The molecule has 0 aliphatic heterocycles. The Morgan fingerprint density at radius 2 is 1.76 bits per heavy atom. The van der Waals surface area contributed by atoms with E-state index in [1.165, 1.54) is 0 Å². The van der Waals surface area contributed by atoms with Crippen molar-refractivity contribution in [3.8, 4) is 21.8 Å². The fourth-order valence-corrected chi connectivity index (χ4v) is 4.60. The second-order valence-corrected chi connectivity index (χ2v) is 8.74. The summed E-state index contributed by atoms with van der Waals surface area (Å²) in [6.07, 6.45) is 4.24. The molecule has 5 aromatic rings. The van der Waals surface area contributed by atoms with Crippen LogP contribution in [0.15, 0.2) is 73.1 Å². The highest BCUT2D eigenvalue weighted by Gasteiger charge is 2.17. The molecule has 0 fully saturated rings. The van der Waals surface area contributed by atoms with E-state index >= 15 is 0 Å². The monoisotopic (exact) mass is 466 g/mol. The topological polar surface area (TPSA) is 107 Å². The number of aromatic nitrogens is 4. The summed E-state index contributed by atoms with van der Waals surface area (Å²) in [4.78, 5) is 30.9. The first-order chi connectivity index (χ1) is 16.6. The summed E-state index contributed by atoms with van der Waals surface area (Å²) in [6.45, 7) is 2.66. The van der Waals surface area contributed by atoms with Gasteiger partial charge in [-0.25, -0.2) is 4.98 Å². The van der Waals surface area contributed by atoms with E-state index in [1.54, 1.807) is 35.9 Å². The van der Waals surface area contributed by atoms with Gasteiger partial charge in [-0.2, -0.15) is 0 Å². The van der Waals surface area contributed by atoms with E-state index in [2.05, 4.69) is 22.2 Å². The molecule has 3 aromatic heterocycles. The summed E-state index contributed by atoms with van der Waals surface area (Å²) in [5.74, 6) is -0.435. The lowest BCUT2D eigenvalue weighted by molar-refractivity contribution is 0.100. The normalized spacial score (nSPS) is 11.0. The molecule has 8 heteroatoms. The molecule has 5 rings (SSSR count). The van der Waals surface area contributed by atoms with Gasteiger partial charge < -0.3 is 11.1 Å². The zero-order valence-corrected chi connectivity index (χ0v) is 19.3. The third-order valence-electron chi connectivity index (χ3n) is 5.45. The van der Waals surface area contributed by atoms with Gasteiger partial charge in [0, 0.05) is 35.8 Å². The number of primary amides is 1. The first kappa shape index (κ1) is 21.7. The maximum Gasteiger partial charge on any atom is 0.248 e. The van der Waals surface area contributed by atoms with Crippen LogP contribution in [0.4, 0.5) is 5.13 Å². The largest absolute Gasteiger partial charge is 0.366 e. The van der Waals surface area contributed by atoms with Crippen molar-refractivity contribution in [2.24, 2.45) is 5.73 Å². The van der Waals surface area contributed by atoms with E-state index < -0.39 is 5.91 Å². The van der Waals surface area contributed by atoms with Crippen LogP contribution in [0.25, 0.3) is 32.9 Å². The highest BCUT2D eigenvalue weighted by molar-refractivity contribution is 7.19. The minimum absolute atomic E-state index is 0.435. The summed E-state index contributed by atoms with van der Waals surface area (Å²) in [7, 11) is 0. The molecule has 0 bridgehead atoms. The number of carbonyl (C=O) groups is 1. The summed E-state index contributed by atoms with van der Waals surface area (Å²) < 4.78 is 0. The molecule has 7 nitrogen and oxygen atoms in total. The molecule has 34 heavy (non-hydrogen) atoms. The van der Waals surface area contributed by atoms with Crippen molar-refractivity contribution in [3.63, 3.8) is 0 Å². The number of fused-ring (bicyclic) bond motifs is 1. The van der Waals surface area contributed by atoms with Crippen LogP contribution in [0.3, 0.4) is 0 Å². The number of hydrogen-bond donors (Lipinski definition) is 2. The Kier molecular flexibility index (Phi) is 5.97. The average molecular weight is 467 g/mol. The van der Waals surface area contributed by atoms with Gasteiger partial charge in [0.15, 0.2) is 5.13 Å². The molecule has 0 spiro atoms. The lowest BCUT2D eigenvalue weighted by Crippen LogP contribution is -2.10. The number of carbonyl (C=O) groups excluding carboxylic acids is 1. The highest BCUT2D eigenvalue weighted by Crippen LogP contribution is 2.39. The molecule has 1 amide bonds. The minimum Gasteiger partial charge on any atom is -0.366 e. The molecule has 3 heterocycles. The number of nitrogens with one attached hydrogen (secondary N) is 1. The molecular weight excluding hydrogens is 444 g/mol. The standard InChI is InChI=1S/C26H22N6OS/c1-2-19-4-3-5-21(31-19)24-23(18-10-11-20-22(14-18)29-13-12-28-20)32-26(34-24)30-15-16-6-8-17(9-7-16)25(27)33/h3-14H,2,15H2,1H3,(H2,27,33)(H,30,32). The van der Waals surface area contributed by atoms with Crippen LogP contribution >= 0.6 is 11.3 Å². The van der Waals surface area contributed by atoms with Gasteiger partial charge in [0.1, 0.15) is 0 Å². The summed E-state index contributed by atoms with van der Waals surface area (Å²) >= 11 is 1.56. The SMILES string of the molecule is CCc1cccc(-c2sc(NCc3ccc(C(N)=O)cc3)nc2-c2ccc3nccnc3c2)n1. The number of anilines is 1. The molecule has 0 saturated carbocycles. The number of thiazole rings is 1. The number of hydrogen-bond acceptors (Lipinski definition) is 7. The first-order valence-corrected chi connectivity index (χ1v) is 11.7. The highest BCUT2D eigenvalue weighted by atomic mass is 32.1. The predicted octanol–water partition coefficient (Wildman–Crippen LogP) is 5.09. The minimum atomic E-state index is -0.435. The van der Waals surface area contributed by atoms with Gasteiger partial charge >= 0.3 is 0 Å². The third kappa shape index (κ3) is 4.49. The van der Waals surface area contributed by atoms with Crippen LogP contribution < -0.4 is 11.1 Å². The molecule has 0 aliphatic rings. The van der Waals surface area contributed by atoms with Crippen molar-refractivity contribution in [1.82, 2.24) is 19.9 Å². The maximum absolute atomic E-state index is 11.3. The number of rotatable bonds is 7. The molecule has 2 aromatic carbocycles. The second-order valence-electron chi connectivity index (χ2n) is 7.74. The average Bonchev–Trinajstić information content (AvgIpc) is 3.32. The Morgan fingerprint density at radius 3 is 2.53 bits per heavy atom. The smallest absolute Gasteiger partial charge is 0.248 e. The Morgan fingerprint density at radius 1 is 0.971 bits per heavy atom. The molecule has 0 unspecified atom stereocenters. The predicted molar refractivity (Wildman–Crippen MR) is 136 cm³/mol. The fourth-order valence-electron chi connectivity index (χ4n) is 3.64. The number of pyridine rings is 1. The van der Waals surface area contributed by atoms with Gasteiger partial charge in [-0.15, -0.1) is 0 Å². The van der Waals surface area contributed by atoms with Gasteiger partial charge in [0.05, 0.1) is 27.3 Å². The molecular formula is C26H22N6OS. The van der Waals surface area contributed by atoms with E-state index in [1.807, 2.05) is 48.5 Å². The molecule has 0 saturated heterocycles. The number of amides is 1. The molecule has 168 valence electrons. The number of benzene rings is 2. The summed E-state index contributed by atoms with van der Waals surface area (Å²) in [5.41, 5.74) is 12.2. The lowest BCUT2D eigenvalue weighted by Gasteiger charge is -2.05. The Balaban J connectivity index is 1.51. The zero-order chi connectivity index (χ0) is 23.5. The van der Waals surface area contributed by atoms with E-state index in [0.29, 0.717) is 12.1 Å². The van der Waals surface area contributed by atoms with Crippen LogP contribution in [-0.4, -0.2) is 25.8 Å². The van der Waals surface area contributed by atoms with Crippen LogP contribution in [-0.2, 0) is 13.0 Å². The van der Waals surface area contributed by atoms with Gasteiger partial charge in [-0.1, -0.05) is 42.5 Å². The van der Waals surface area contributed by atoms with Gasteiger partial charge in [0.2, 0.25) is 5.91 Å². The van der Waals surface area contributed by atoms with Crippen molar-refractivity contribution in [2.75, 3.05) is 5.32 Å². The third-order valence-corrected chi connectivity index (χ3v) is 6.49. The maximum atomic E-state index is 11.3. The Bertz CT molecular complexity index is 1480. The zero-order valence-electron chi connectivity index (χ0n) is 18.5. The van der Waals surface area contributed by atoms with Crippen LogP contribution in [0, 0.1) is 0 Å². The van der Waals surface area contributed by atoms with Crippen molar-refractivity contribution in [3.05, 3.63) is 89.9 Å². The lowest BCUT2D eigenvalue weighted by atomic mass is 10.1. The van der Waals surface area contributed by atoms with Crippen LogP contribution in [0.2, 0.25) is 0 Å². The van der Waals surface area contributed by atoms with Crippen molar-refractivity contribution in [2.45, 2.75) is 19.9 Å². The van der Waals surface area contributed by atoms with Crippen LogP contribution in [0.5, 0.6) is 0 Å². The second kappa shape index (κ2) is 9.36. The van der Waals surface area contributed by atoms with Gasteiger partial charge in [-0.05, 0) is 48.4 Å². The number of nitrogens with two attached hydrogens (primary N) is 1. The molecule has 3 N–H and O–H groups in total. The Hall–Kier alpha value is -4.17. The quantitative estimate of drug-likeness (QED) is 0.346. The van der Waals surface area contributed by atoms with Crippen molar-refractivity contribution < 1.29 is 4.79 Å². The molecule has 0 aliphatic carbocycles. The van der Waals surface area contributed by atoms with Crippen LogP contribution in [0.1, 0.15) is 28.5 Å². The van der Waals surface area contributed by atoms with Gasteiger partial charge in [0.25, 0.3) is 0 Å². The molecule has 0 atom stereocenters. The fraction of sp³-hybridized carbons (Fsp3) is 0.115. The van der Waals surface area contributed by atoms with Crippen molar-refractivity contribution in [1.29, 1.82) is 0 Å². The van der Waals surface area contributed by atoms with E-state index in [9.17, 15) is 4.79 Å². The van der Waals surface area contributed by atoms with Gasteiger partial charge in [-0.3, -0.25) is 19.7 Å². The number of nitrogens with zero attached hydrogens (tertiary/aromatic N) is 4. The Labute approximate surface area is 200 Å². The van der Waals surface area contributed by atoms with E-state index in [0.717, 1.165) is 55.7 Å². The summed E-state index contributed by atoms with van der Waals surface area (Å²) in [5, 5.41) is 4.20. The summed E-state index contributed by atoms with van der Waals surface area (Å²) in [6, 6.07) is 19.3. The first-order valence-electron chi connectivity index (χ1n) is 10.9. The molecule has 0 radical (unpaired) electrons. The van der Waals surface area contributed by atoms with E-state index in [4.69, 9.17) is 15.7 Å². The van der Waals surface area contributed by atoms with E-state index in [-0.39, 0.29) is 0 Å².